The van der Waals surface area contributed by atoms with Crippen LogP contribution in [0.2, 0.25) is 0 Å². The fraction of sp³-hybridized carbons (Fsp3) is 0.750. The summed E-state index contributed by atoms with van der Waals surface area (Å²) in [5.74, 6) is 1.23. The zero-order valence-corrected chi connectivity index (χ0v) is 14.1. The maximum atomic E-state index is 12.7. The third kappa shape index (κ3) is 4.30. The number of anilines is 1. The number of amides is 1. The van der Waals surface area contributed by atoms with Crippen molar-refractivity contribution in [1.82, 2.24) is 15.0 Å². The number of carbonyl (C=O) groups is 1. The second-order valence-electron chi connectivity index (χ2n) is 6.32. The molecule has 1 aromatic rings. The van der Waals surface area contributed by atoms with Gasteiger partial charge in [-0.2, -0.15) is 0 Å². The molecule has 1 amide bonds. The first-order chi connectivity index (χ1) is 10.5. The number of likely N-dealkylation sites (N-methyl/N-ethyl adjacent to an activating group) is 1. The molecule has 6 nitrogen and oxygen atoms in total. The van der Waals surface area contributed by atoms with E-state index in [0.29, 0.717) is 17.6 Å². The molecule has 6 heteroatoms. The van der Waals surface area contributed by atoms with Crippen LogP contribution in [0.15, 0.2) is 10.6 Å². The Bertz CT molecular complexity index is 488. The molecule has 1 aromatic heterocycles. The summed E-state index contributed by atoms with van der Waals surface area (Å²) in [6.45, 7) is 9.10. The molecule has 0 saturated carbocycles. The lowest BCUT2D eigenvalue weighted by atomic mass is 10.0. The highest BCUT2D eigenvalue weighted by molar-refractivity contribution is 5.94. The molecule has 0 radical (unpaired) electrons. The van der Waals surface area contributed by atoms with Crippen LogP contribution < -0.4 is 5.32 Å². The smallest absolute Gasteiger partial charge is 0.242 e. The van der Waals surface area contributed by atoms with Gasteiger partial charge in [0.05, 0.1) is 6.04 Å². The van der Waals surface area contributed by atoms with Crippen molar-refractivity contribution < 1.29 is 9.32 Å². The number of carbonyl (C=O) groups excluding carboxylic acids is 1. The van der Waals surface area contributed by atoms with Gasteiger partial charge in [-0.05, 0) is 27.3 Å². The van der Waals surface area contributed by atoms with Crippen LogP contribution in [0.3, 0.4) is 0 Å². The van der Waals surface area contributed by atoms with E-state index in [1.165, 1.54) is 0 Å². The lowest BCUT2D eigenvalue weighted by Crippen LogP contribution is -2.57. The summed E-state index contributed by atoms with van der Waals surface area (Å²) in [4.78, 5) is 17.4. The number of nitrogens with zero attached hydrogens (tertiary/aromatic N) is 3. The Morgan fingerprint density at radius 1 is 1.55 bits per heavy atom. The van der Waals surface area contributed by atoms with E-state index >= 15 is 0 Å². The SMILES string of the molecule is CCCCC(C(=O)Nc1cc(C)on1)N1CCN(C)CC1C. The van der Waals surface area contributed by atoms with Gasteiger partial charge in [-0.1, -0.05) is 24.9 Å². The fourth-order valence-electron chi connectivity index (χ4n) is 3.10. The monoisotopic (exact) mass is 308 g/mol. The van der Waals surface area contributed by atoms with Crippen LogP contribution in [-0.4, -0.2) is 59.6 Å². The predicted octanol–water partition coefficient (Wildman–Crippen LogP) is 2.12. The van der Waals surface area contributed by atoms with Crippen molar-refractivity contribution in [3.05, 3.63) is 11.8 Å². The second-order valence-corrected chi connectivity index (χ2v) is 6.32. The first-order valence-electron chi connectivity index (χ1n) is 8.19. The first-order valence-corrected chi connectivity index (χ1v) is 8.19. The van der Waals surface area contributed by atoms with Gasteiger partial charge in [-0.3, -0.25) is 9.69 Å². The van der Waals surface area contributed by atoms with Gasteiger partial charge < -0.3 is 14.7 Å². The van der Waals surface area contributed by atoms with Gasteiger partial charge >= 0.3 is 0 Å². The standard InChI is InChI=1S/C16H28N4O2/c1-5-6-7-14(20-9-8-19(4)11-12(20)2)16(21)17-15-10-13(3)22-18-15/h10,12,14H,5-9,11H2,1-4H3,(H,17,18,21). The molecular formula is C16H28N4O2. The average molecular weight is 308 g/mol. The maximum absolute atomic E-state index is 12.7. The fourth-order valence-corrected chi connectivity index (χ4v) is 3.10. The largest absolute Gasteiger partial charge is 0.360 e. The average Bonchev–Trinajstić information content (AvgIpc) is 2.86. The number of nitrogens with one attached hydrogen (secondary N) is 1. The number of hydrogen-bond donors (Lipinski definition) is 1. The Morgan fingerprint density at radius 3 is 2.91 bits per heavy atom. The van der Waals surface area contributed by atoms with Gasteiger partial charge in [-0.25, -0.2) is 0 Å². The summed E-state index contributed by atoms with van der Waals surface area (Å²) in [5, 5.41) is 6.76. The zero-order chi connectivity index (χ0) is 16.1. The molecule has 2 heterocycles. The second kappa shape index (κ2) is 7.74. The van der Waals surface area contributed by atoms with Crippen LogP contribution in [0, 0.1) is 6.92 Å². The summed E-state index contributed by atoms with van der Waals surface area (Å²) >= 11 is 0. The summed E-state index contributed by atoms with van der Waals surface area (Å²) in [6, 6.07) is 2.04. The highest BCUT2D eigenvalue weighted by atomic mass is 16.5. The molecule has 2 unspecified atom stereocenters. The first kappa shape index (κ1) is 17.0. The van der Waals surface area contributed by atoms with E-state index < -0.39 is 0 Å². The molecule has 0 spiro atoms. The van der Waals surface area contributed by atoms with Crippen molar-refractivity contribution in [2.75, 3.05) is 32.0 Å². The molecule has 124 valence electrons. The van der Waals surface area contributed by atoms with Gasteiger partial charge in [0.25, 0.3) is 0 Å². The third-order valence-corrected chi connectivity index (χ3v) is 4.30. The molecule has 2 atom stereocenters. The Balaban J connectivity index is 2.05. The van der Waals surface area contributed by atoms with E-state index in [0.717, 1.165) is 38.9 Å². The molecule has 2 rings (SSSR count). The number of unbranched alkanes of at least 4 members (excludes halogenated alkanes) is 1. The minimum atomic E-state index is -0.0966. The maximum Gasteiger partial charge on any atom is 0.242 e. The van der Waals surface area contributed by atoms with Crippen LogP contribution in [0.4, 0.5) is 5.82 Å². The number of aromatic nitrogens is 1. The molecule has 0 aromatic carbocycles. The van der Waals surface area contributed by atoms with Gasteiger partial charge in [0.1, 0.15) is 5.76 Å². The number of hydrogen-bond acceptors (Lipinski definition) is 5. The summed E-state index contributed by atoms with van der Waals surface area (Å²) in [7, 11) is 2.13. The predicted molar refractivity (Wildman–Crippen MR) is 86.8 cm³/mol. The van der Waals surface area contributed by atoms with Gasteiger partial charge in [-0.15, -0.1) is 0 Å². The molecule has 1 aliphatic heterocycles. The normalized spacial score (nSPS) is 21.7. The molecule has 22 heavy (non-hydrogen) atoms. The van der Waals surface area contributed by atoms with Crippen LogP contribution >= 0.6 is 0 Å². The highest BCUT2D eigenvalue weighted by Crippen LogP contribution is 2.18. The topological polar surface area (TPSA) is 61.6 Å². The van der Waals surface area contributed by atoms with E-state index in [1.54, 1.807) is 6.07 Å². The van der Waals surface area contributed by atoms with Crippen molar-refractivity contribution >= 4 is 11.7 Å². The van der Waals surface area contributed by atoms with Crippen molar-refractivity contribution in [2.45, 2.75) is 52.1 Å². The minimum Gasteiger partial charge on any atom is -0.360 e. The van der Waals surface area contributed by atoms with Crippen LogP contribution in [-0.2, 0) is 4.79 Å². The van der Waals surface area contributed by atoms with Crippen LogP contribution in [0.1, 0.15) is 38.9 Å². The molecule has 1 aliphatic rings. The Kier molecular flexibility index (Phi) is 5.97. The summed E-state index contributed by atoms with van der Waals surface area (Å²) < 4.78 is 5.02. The van der Waals surface area contributed by atoms with Gasteiger partial charge in [0, 0.05) is 31.7 Å². The number of rotatable bonds is 6. The van der Waals surface area contributed by atoms with Crippen molar-refractivity contribution in [3.8, 4) is 0 Å². The van der Waals surface area contributed by atoms with Crippen molar-refractivity contribution in [2.24, 2.45) is 0 Å². The Morgan fingerprint density at radius 2 is 2.32 bits per heavy atom. The molecule has 0 aliphatic carbocycles. The van der Waals surface area contributed by atoms with E-state index in [4.69, 9.17) is 4.52 Å². The van der Waals surface area contributed by atoms with Crippen molar-refractivity contribution in [1.29, 1.82) is 0 Å². The molecule has 1 N–H and O–H groups in total. The highest BCUT2D eigenvalue weighted by Gasteiger charge is 2.32. The third-order valence-electron chi connectivity index (χ3n) is 4.30. The summed E-state index contributed by atoms with van der Waals surface area (Å²) in [6.07, 6.45) is 3.02. The lowest BCUT2D eigenvalue weighted by molar-refractivity contribution is -0.123. The quantitative estimate of drug-likeness (QED) is 0.872. The molecule has 1 saturated heterocycles. The Labute approximate surface area is 132 Å². The van der Waals surface area contributed by atoms with E-state index in [1.807, 2.05) is 6.92 Å². The molecule has 1 fully saturated rings. The van der Waals surface area contributed by atoms with Gasteiger partial charge in [0.2, 0.25) is 5.91 Å². The van der Waals surface area contributed by atoms with Crippen molar-refractivity contribution in [3.63, 3.8) is 0 Å². The van der Waals surface area contributed by atoms with Gasteiger partial charge in [0.15, 0.2) is 5.82 Å². The summed E-state index contributed by atoms with van der Waals surface area (Å²) in [5.41, 5.74) is 0. The van der Waals surface area contributed by atoms with E-state index in [9.17, 15) is 4.79 Å². The van der Waals surface area contributed by atoms with Crippen LogP contribution in [0.25, 0.3) is 0 Å². The minimum absolute atomic E-state index is 0.0261. The molecule has 0 bridgehead atoms. The van der Waals surface area contributed by atoms with E-state index in [2.05, 4.69) is 41.2 Å². The zero-order valence-electron chi connectivity index (χ0n) is 14.1. The Hall–Kier alpha value is -1.40. The number of aryl methyl sites for hydroxylation is 1. The van der Waals surface area contributed by atoms with Crippen LogP contribution in [0.5, 0.6) is 0 Å². The lowest BCUT2D eigenvalue weighted by Gasteiger charge is -2.42. The molecular weight excluding hydrogens is 280 g/mol. The van der Waals surface area contributed by atoms with E-state index in [-0.39, 0.29) is 11.9 Å². The number of piperazine rings is 1.